The van der Waals surface area contributed by atoms with Gasteiger partial charge in [0.05, 0.1) is 5.76 Å². The maximum Gasteiger partial charge on any atom is 0.162 e. The number of ketones is 1. The van der Waals surface area contributed by atoms with Crippen molar-refractivity contribution >= 4 is 38.1 Å². The fourth-order valence-corrected chi connectivity index (χ4v) is 8.59. The predicted molar refractivity (Wildman–Crippen MR) is 213 cm³/mol. The summed E-state index contributed by atoms with van der Waals surface area (Å²) in [6.07, 6.45) is 9.94. The molecule has 0 amide bonds. The van der Waals surface area contributed by atoms with Crippen LogP contribution >= 0.6 is 11.3 Å². The molecular weight excluding hydrogens is 825 g/mol. The third kappa shape index (κ3) is 8.90. The SMILES string of the molecule is CC(C)Cc1cccc2c1CCc1sc3ncnc(-c4[c-]c5ccccc5c(C(C)(C)C)c4)c3c1-2.CCC(CC)C(=O)/C=C(\O)C(CC)CC.[Ir]. The van der Waals surface area contributed by atoms with Gasteiger partial charge in [0.15, 0.2) is 5.78 Å². The maximum atomic E-state index is 11.7. The molecule has 2 aromatic heterocycles. The molecule has 273 valence electrons. The van der Waals surface area contributed by atoms with Crippen LogP contribution in [0.25, 0.3) is 43.4 Å². The standard InChI is InChI=1S/C32H31N2S.C13H24O2.Ir/c1-19(2)15-20-10-8-12-25-23(20)13-14-27-28(25)29-30(33-18-34-31(29)35-27)22-16-21-9-6-7-11-24(21)26(17-22)32(3,4)5;1-5-10(6-2)12(14)9-13(15)11(7-3)8-4;/h6-12,17-19H,13-15H2,1-5H3;9-11,14H,5-8H2,1-4H3;/q-1;;/b;12-9-;. The molecule has 6 heteroatoms. The van der Waals surface area contributed by atoms with Gasteiger partial charge in [-0.15, -0.1) is 40.5 Å². The summed E-state index contributed by atoms with van der Waals surface area (Å²) < 4.78 is 0. The van der Waals surface area contributed by atoms with Crippen LogP contribution in [0.3, 0.4) is 0 Å². The molecule has 2 heterocycles. The van der Waals surface area contributed by atoms with Crippen LogP contribution in [-0.2, 0) is 49.6 Å². The number of fused-ring (bicyclic) bond motifs is 6. The van der Waals surface area contributed by atoms with E-state index in [0.717, 1.165) is 66.4 Å². The van der Waals surface area contributed by atoms with Crippen LogP contribution < -0.4 is 0 Å². The van der Waals surface area contributed by atoms with Gasteiger partial charge in [-0.1, -0.05) is 110 Å². The average Bonchev–Trinajstić information content (AvgIpc) is 3.48. The Kier molecular flexibility index (Phi) is 14.0. The molecule has 0 saturated carbocycles. The second-order valence-corrected chi connectivity index (χ2v) is 16.3. The van der Waals surface area contributed by atoms with Crippen LogP contribution in [0.5, 0.6) is 0 Å². The number of allylic oxidation sites excluding steroid dienone is 2. The molecule has 1 aliphatic rings. The first-order valence-electron chi connectivity index (χ1n) is 18.7. The summed E-state index contributed by atoms with van der Waals surface area (Å²) in [5, 5.41) is 13.4. The summed E-state index contributed by atoms with van der Waals surface area (Å²) in [6.45, 7) is 19.5. The van der Waals surface area contributed by atoms with Gasteiger partial charge in [-0.3, -0.25) is 9.78 Å². The molecule has 1 radical (unpaired) electrons. The third-order valence-electron chi connectivity index (χ3n) is 10.3. The minimum atomic E-state index is 0. The minimum absolute atomic E-state index is 0. The predicted octanol–water partition coefficient (Wildman–Crippen LogP) is 12.4. The molecule has 0 saturated heterocycles. The van der Waals surface area contributed by atoms with E-state index < -0.39 is 0 Å². The van der Waals surface area contributed by atoms with Crippen molar-refractivity contribution in [3.05, 3.63) is 94.3 Å². The number of carbonyl (C=O) groups is 1. The number of rotatable bonds is 10. The van der Waals surface area contributed by atoms with Crippen LogP contribution in [-0.4, -0.2) is 20.9 Å². The Balaban J connectivity index is 0.000000312. The van der Waals surface area contributed by atoms with E-state index in [4.69, 9.17) is 9.97 Å². The zero-order valence-electron chi connectivity index (χ0n) is 31.9. The number of hydrogen-bond donors (Lipinski definition) is 1. The van der Waals surface area contributed by atoms with Gasteiger partial charge in [0.2, 0.25) is 0 Å². The minimum Gasteiger partial charge on any atom is -0.512 e. The van der Waals surface area contributed by atoms with E-state index in [1.165, 1.54) is 49.5 Å². The molecule has 0 spiro atoms. The van der Waals surface area contributed by atoms with E-state index in [0.29, 0.717) is 5.92 Å². The molecule has 0 unspecified atom stereocenters. The fraction of sp³-hybridized carbons (Fsp3) is 0.444. The van der Waals surface area contributed by atoms with E-state index in [1.807, 2.05) is 39.0 Å². The van der Waals surface area contributed by atoms with Crippen LogP contribution in [0, 0.1) is 23.8 Å². The quantitative estimate of drug-likeness (QED) is 0.0862. The van der Waals surface area contributed by atoms with Gasteiger partial charge in [0, 0.05) is 59.5 Å². The fourth-order valence-electron chi connectivity index (χ4n) is 7.44. The van der Waals surface area contributed by atoms with Crippen molar-refractivity contribution in [3.8, 4) is 22.4 Å². The molecule has 1 aliphatic carbocycles. The smallest absolute Gasteiger partial charge is 0.162 e. The van der Waals surface area contributed by atoms with Crippen molar-refractivity contribution < 1.29 is 30.0 Å². The number of carbonyl (C=O) groups excluding carboxylic acids is 1. The number of aliphatic hydroxyl groups excluding tert-OH is 1. The van der Waals surface area contributed by atoms with Crippen molar-refractivity contribution in [2.75, 3.05) is 0 Å². The molecule has 3 aromatic carbocycles. The Bertz CT molecular complexity index is 1990. The van der Waals surface area contributed by atoms with Crippen LogP contribution in [0.4, 0.5) is 0 Å². The average molecular weight is 880 g/mol. The second kappa shape index (κ2) is 17.6. The van der Waals surface area contributed by atoms with Gasteiger partial charge in [-0.05, 0) is 73.0 Å². The van der Waals surface area contributed by atoms with Gasteiger partial charge >= 0.3 is 0 Å². The van der Waals surface area contributed by atoms with E-state index in [-0.39, 0.29) is 48.9 Å². The Morgan fingerprint density at radius 3 is 2.27 bits per heavy atom. The molecule has 4 nitrogen and oxygen atoms in total. The summed E-state index contributed by atoms with van der Waals surface area (Å²) >= 11 is 1.84. The monoisotopic (exact) mass is 880 g/mol. The topological polar surface area (TPSA) is 63.1 Å². The summed E-state index contributed by atoms with van der Waals surface area (Å²) in [5.41, 5.74) is 9.15. The van der Waals surface area contributed by atoms with E-state index in [2.05, 4.69) is 89.2 Å². The largest absolute Gasteiger partial charge is 0.512 e. The van der Waals surface area contributed by atoms with Crippen molar-refractivity contribution in [3.63, 3.8) is 0 Å². The van der Waals surface area contributed by atoms with Gasteiger partial charge in [0.1, 0.15) is 11.2 Å². The van der Waals surface area contributed by atoms with E-state index >= 15 is 0 Å². The number of thiophene rings is 1. The van der Waals surface area contributed by atoms with Crippen molar-refractivity contribution in [1.29, 1.82) is 0 Å². The number of aromatic nitrogens is 2. The Morgan fingerprint density at radius 1 is 0.941 bits per heavy atom. The molecule has 0 fully saturated rings. The summed E-state index contributed by atoms with van der Waals surface area (Å²) in [5.74, 6) is 1.19. The Morgan fingerprint density at radius 2 is 1.63 bits per heavy atom. The molecule has 0 bridgehead atoms. The molecule has 0 atom stereocenters. The Hall–Kier alpha value is -3.18. The van der Waals surface area contributed by atoms with Gasteiger partial charge in [0.25, 0.3) is 0 Å². The molecule has 6 rings (SSSR count). The van der Waals surface area contributed by atoms with Crippen LogP contribution in [0.1, 0.15) is 110 Å². The van der Waals surface area contributed by atoms with Gasteiger partial charge < -0.3 is 5.11 Å². The van der Waals surface area contributed by atoms with Crippen LogP contribution in [0.2, 0.25) is 0 Å². The van der Waals surface area contributed by atoms with E-state index in [1.54, 1.807) is 6.33 Å². The molecule has 5 aromatic rings. The van der Waals surface area contributed by atoms with Gasteiger partial charge in [-0.2, -0.15) is 0 Å². The first-order valence-corrected chi connectivity index (χ1v) is 19.5. The molecule has 51 heavy (non-hydrogen) atoms. The number of aryl methyl sites for hydroxylation is 1. The zero-order valence-corrected chi connectivity index (χ0v) is 35.2. The number of nitrogens with zero attached hydrogens (tertiary/aromatic N) is 2. The maximum absolute atomic E-state index is 11.7. The van der Waals surface area contributed by atoms with Crippen molar-refractivity contribution in [1.82, 2.24) is 9.97 Å². The summed E-state index contributed by atoms with van der Waals surface area (Å²) in [6, 6.07) is 21.5. The molecule has 0 aliphatic heterocycles. The van der Waals surface area contributed by atoms with Crippen molar-refractivity contribution in [2.45, 2.75) is 113 Å². The normalized spacial score (nSPS) is 12.9. The van der Waals surface area contributed by atoms with Crippen molar-refractivity contribution in [2.24, 2.45) is 17.8 Å². The zero-order chi connectivity index (χ0) is 36.2. The summed E-state index contributed by atoms with van der Waals surface area (Å²) in [7, 11) is 0. The Labute approximate surface area is 323 Å². The first-order chi connectivity index (χ1) is 23.9. The van der Waals surface area contributed by atoms with Gasteiger partial charge in [-0.25, -0.2) is 4.98 Å². The van der Waals surface area contributed by atoms with E-state index in [9.17, 15) is 9.90 Å². The third-order valence-corrected chi connectivity index (χ3v) is 11.4. The summed E-state index contributed by atoms with van der Waals surface area (Å²) in [4.78, 5) is 23.9. The number of hydrogen-bond acceptors (Lipinski definition) is 5. The second-order valence-electron chi connectivity index (χ2n) is 15.2. The van der Waals surface area contributed by atoms with Crippen LogP contribution in [0.15, 0.2) is 66.7 Å². The molecular formula is C45H55IrN2O2S-. The first kappa shape index (κ1) is 40.6. The number of benzene rings is 3. The number of aliphatic hydroxyl groups is 1. The molecule has 1 N–H and O–H groups in total.